The quantitative estimate of drug-likeness (QED) is 0.841. The first-order chi connectivity index (χ1) is 11.1. The molecule has 6 heteroatoms. The van der Waals surface area contributed by atoms with Crippen LogP contribution in [0.15, 0.2) is 24.3 Å². The number of nitrogens with one attached hydrogen (secondary N) is 1. The lowest BCUT2D eigenvalue weighted by Crippen LogP contribution is -2.33. The van der Waals surface area contributed by atoms with Gasteiger partial charge in [0.2, 0.25) is 11.8 Å². The predicted octanol–water partition coefficient (Wildman–Crippen LogP) is 1.10. The lowest BCUT2D eigenvalue weighted by Gasteiger charge is -2.11. The molecule has 0 aliphatic carbocycles. The summed E-state index contributed by atoms with van der Waals surface area (Å²) in [5.74, 6) is 0.844. The summed E-state index contributed by atoms with van der Waals surface area (Å²) in [7, 11) is 3.75. The van der Waals surface area contributed by atoms with E-state index in [1.54, 1.807) is 11.9 Å². The van der Waals surface area contributed by atoms with E-state index in [0.29, 0.717) is 19.5 Å². The van der Waals surface area contributed by atoms with E-state index in [-0.39, 0.29) is 17.7 Å². The van der Waals surface area contributed by atoms with E-state index in [4.69, 9.17) is 0 Å². The molecule has 3 rings (SSSR count). The van der Waals surface area contributed by atoms with Crippen molar-refractivity contribution in [2.45, 2.75) is 19.3 Å². The van der Waals surface area contributed by atoms with E-state index in [1.165, 1.54) is 0 Å². The maximum Gasteiger partial charge on any atom is 0.225 e. The van der Waals surface area contributed by atoms with Crippen LogP contribution >= 0.6 is 0 Å². The summed E-state index contributed by atoms with van der Waals surface area (Å²) in [5, 5.41) is 2.93. The molecule has 23 heavy (non-hydrogen) atoms. The van der Waals surface area contributed by atoms with E-state index in [2.05, 4.69) is 20.9 Å². The summed E-state index contributed by atoms with van der Waals surface area (Å²) in [6, 6.07) is 8.06. The summed E-state index contributed by atoms with van der Waals surface area (Å²) < 4.78 is 2.10. The first-order valence-corrected chi connectivity index (χ1v) is 7.98. The van der Waals surface area contributed by atoms with Gasteiger partial charge in [-0.15, -0.1) is 0 Å². The molecule has 1 unspecified atom stereocenters. The van der Waals surface area contributed by atoms with Crippen molar-refractivity contribution in [3.63, 3.8) is 0 Å². The number of fused-ring (bicyclic) bond motifs is 1. The molecule has 1 aromatic carbocycles. The smallest absolute Gasteiger partial charge is 0.225 e. The highest BCUT2D eigenvalue weighted by atomic mass is 16.2. The monoisotopic (exact) mass is 314 g/mol. The van der Waals surface area contributed by atoms with E-state index < -0.39 is 0 Å². The number of aromatic nitrogens is 2. The standard InChI is InChI=1S/C17H22N4O2/c1-20-11-12(10-16(20)22)17(23)18-9-5-8-15-19-13-6-3-4-7-14(13)21(15)2/h3-4,6-7,12H,5,8-11H2,1-2H3,(H,18,23). The number of rotatable bonds is 5. The lowest BCUT2D eigenvalue weighted by molar-refractivity contribution is -0.128. The van der Waals surface area contributed by atoms with Crippen molar-refractivity contribution in [3.8, 4) is 0 Å². The van der Waals surface area contributed by atoms with Gasteiger partial charge in [0.05, 0.1) is 17.0 Å². The first kappa shape index (κ1) is 15.5. The van der Waals surface area contributed by atoms with Crippen molar-refractivity contribution >= 4 is 22.8 Å². The van der Waals surface area contributed by atoms with Crippen LogP contribution in [0.4, 0.5) is 0 Å². The zero-order valence-corrected chi connectivity index (χ0v) is 13.6. The zero-order valence-electron chi connectivity index (χ0n) is 13.6. The number of carbonyl (C=O) groups excluding carboxylic acids is 2. The van der Waals surface area contributed by atoms with Gasteiger partial charge in [-0.25, -0.2) is 4.98 Å². The maximum absolute atomic E-state index is 12.0. The molecule has 2 heterocycles. The highest BCUT2D eigenvalue weighted by molar-refractivity contribution is 5.89. The first-order valence-electron chi connectivity index (χ1n) is 7.98. The van der Waals surface area contributed by atoms with Gasteiger partial charge >= 0.3 is 0 Å². The van der Waals surface area contributed by atoms with Crippen molar-refractivity contribution in [1.29, 1.82) is 0 Å². The Morgan fingerprint density at radius 2 is 2.13 bits per heavy atom. The van der Waals surface area contributed by atoms with Gasteiger partial charge in [0.25, 0.3) is 0 Å². The van der Waals surface area contributed by atoms with Crippen LogP contribution in [0.5, 0.6) is 0 Å². The Morgan fingerprint density at radius 1 is 1.35 bits per heavy atom. The molecular weight excluding hydrogens is 292 g/mol. The van der Waals surface area contributed by atoms with Crippen LogP contribution < -0.4 is 5.32 Å². The fourth-order valence-electron chi connectivity index (χ4n) is 3.06. The SMILES string of the molecule is CN1CC(C(=O)NCCCc2nc3ccccc3n2C)CC1=O. The maximum atomic E-state index is 12.0. The minimum Gasteiger partial charge on any atom is -0.356 e. The Labute approximate surface area is 135 Å². The van der Waals surface area contributed by atoms with Gasteiger partial charge in [0, 0.05) is 40.0 Å². The molecular formula is C17H22N4O2. The molecule has 122 valence electrons. The number of amides is 2. The number of imidazole rings is 1. The highest BCUT2D eigenvalue weighted by Gasteiger charge is 2.31. The minimum atomic E-state index is -0.205. The second-order valence-electron chi connectivity index (χ2n) is 6.15. The molecule has 1 aliphatic heterocycles. The Kier molecular flexibility index (Phi) is 4.32. The summed E-state index contributed by atoms with van der Waals surface area (Å²) in [4.78, 5) is 29.7. The number of hydrogen-bond acceptors (Lipinski definition) is 3. The summed E-state index contributed by atoms with van der Waals surface area (Å²) in [6.45, 7) is 1.13. The number of hydrogen-bond donors (Lipinski definition) is 1. The van der Waals surface area contributed by atoms with E-state index in [1.807, 2.05) is 25.2 Å². The molecule has 2 amide bonds. The molecule has 0 spiro atoms. The topological polar surface area (TPSA) is 67.2 Å². The van der Waals surface area contributed by atoms with Gasteiger partial charge in [0.15, 0.2) is 0 Å². The Balaban J connectivity index is 1.49. The normalized spacial score (nSPS) is 17.9. The van der Waals surface area contributed by atoms with Crippen LogP contribution in [0.2, 0.25) is 0 Å². The van der Waals surface area contributed by atoms with Crippen LogP contribution in [0.25, 0.3) is 11.0 Å². The fourth-order valence-corrected chi connectivity index (χ4v) is 3.06. The summed E-state index contributed by atoms with van der Waals surface area (Å²) >= 11 is 0. The van der Waals surface area contributed by atoms with Crippen LogP contribution in [-0.2, 0) is 23.1 Å². The van der Waals surface area contributed by atoms with Crippen LogP contribution in [0.1, 0.15) is 18.7 Å². The summed E-state index contributed by atoms with van der Waals surface area (Å²) in [5.41, 5.74) is 2.13. The zero-order chi connectivity index (χ0) is 16.4. The van der Waals surface area contributed by atoms with Gasteiger partial charge < -0.3 is 14.8 Å². The molecule has 0 saturated carbocycles. The summed E-state index contributed by atoms with van der Waals surface area (Å²) in [6.07, 6.45) is 1.97. The molecule has 1 N–H and O–H groups in total. The highest BCUT2D eigenvalue weighted by Crippen LogP contribution is 2.16. The van der Waals surface area contributed by atoms with E-state index in [9.17, 15) is 9.59 Å². The Morgan fingerprint density at radius 3 is 2.83 bits per heavy atom. The largest absolute Gasteiger partial charge is 0.356 e. The average Bonchev–Trinajstić information content (AvgIpc) is 3.05. The van der Waals surface area contributed by atoms with Gasteiger partial charge in [0.1, 0.15) is 5.82 Å². The number of benzene rings is 1. The Bertz CT molecular complexity index is 737. The number of para-hydroxylation sites is 2. The third-order valence-electron chi connectivity index (χ3n) is 4.47. The third kappa shape index (κ3) is 3.21. The van der Waals surface area contributed by atoms with E-state index in [0.717, 1.165) is 29.7 Å². The molecule has 0 bridgehead atoms. The van der Waals surface area contributed by atoms with Crippen molar-refractivity contribution < 1.29 is 9.59 Å². The van der Waals surface area contributed by atoms with Crippen molar-refractivity contribution in [2.75, 3.05) is 20.1 Å². The molecule has 6 nitrogen and oxygen atoms in total. The van der Waals surface area contributed by atoms with Gasteiger partial charge in [-0.05, 0) is 18.6 Å². The average molecular weight is 314 g/mol. The second kappa shape index (κ2) is 6.40. The van der Waals surface area contributed by atoms with Gasteiger partial charge in [-0.3, -0.25) is 9.59 Å². The van der Waals surface area contributed by atoms with Gasteiger partial charge in [-0.2, -0.15) is 0 Å². The lowest BCUT2D eigenvalue weighted by atomic mass is 10.1. The minimum absolute atomic E-state index is 0.0206. The second-order valence-corrected chi connectivity index (χ2v) is 6.15. The number of aryl methyl sites for hydroxylation is 2. The molecule has 1 saturated heterocycles. The number of nitrogens with zero attached hydrogens (tertiary/aromatic N) is 3. The molecule has 1 atom stereocenters. The molecule has 1 aliphatic rings. The molecule has 2 aromatic rings. The number of carbonyl (C=O) groups is 2. The van der Waals surface area contributed by atoms with E-state index >= 15 is 0 Å². The van der Waals surface area contributed by atoms with Crippen molar-refractivity contribution in [1.82, 2.24) is 19.8 Å². The van der Waals surface area contributed by atoms with Crippen molar-refractivity contribution in [3.05, 3.63) is 30.1 Å². The Hall–Kier alpha value is -2.37. The third-order valence-corrected chi connectivity index (χ3v) is 4.47. The molecule has 1 fully saturated rings. The van der Waals surface area contributed by atoms with Crippen molar-refractivity contribution in [2.24, 2.45) is 13.0 Å². The van der Waals surface area contributed by atoms with Gasteiger partial charge in [-0.1, -0.05) is 12.1 Å². The molecule has 0 radical (unpaired) electrons. The predicted molar refractivity (Wildman–Crippen MR) is 87.8 cm³/mol. The van der Waals surface area contributed by atoms with Crippen LogP contribution in [-0.4, -0.2) is 46.4 Å². The molecule has 1 aromatic heterocycles. The fraction of sp³-hybridized carbons (Fsp3) is 0.471. The number of likely N-dealkylation sites (tertiary alicyclic amines) is 1. The van der Waals surface area contributed by atoms with Crippen LogP contribution in [0.3, 0.4) is 0 Å². The van der Waals surface area contributed by atoms with Crippen LogP contribution in [0, 0.1) is 5.92 Å².